The lowest BCUT2D eigenvalue weighted by Crippen LogP contribution is -2.61. The van der Waals surface area contributed by atoms with Crippen molar-refractivity contribution in [1.29, 1.82) is 0 Å². The third kappa shape index (κ3) is 1.76. The van der Waals surface area contributed by atoms with Crippen LogP contribution < -0.4 is 9.64 Å². The van der Waals surface area contributed by atoms with Gasteiger partial charge in [0.25, 0.3) is 0 Å². The van der Waals surface area contributed by atoms with Crippen molar-refractivity contribution in [2.45, 2.75) is 38.8 Å². The highest BCUT2D eigenvalue weighted by Crippen LogP contribution is 2.54. The van der Waals surface area contributed by atoms with Crippen LogP contribution in [0.15, 0.2) is 35.3 Å². The molecule has 0 radical (unpaired) electrons. The minimum Gasteiger partial charge on any atom is -0.459 e. The Balaban J connectivity index is 1.92. The Hall–Kier alpha value is -2.00. The molecule has 1 unspecified atom stereocenters. The van der Waals surface area contributed by atoms with Gasteiger partial charge in [-0.25, -0.2) is 0 Å². The summed E-state index contributed by atoms with van der Waals surface area (Å²) in [5.74, 6) is 0.768. The Morgan fingerprint density at radius 1 is 1.12 bits per heavy atom. The molecule has 2 aromatic rings. The number of nitrogens with zero attached hydrogens (tertiary/aromatic N) is 2. The predicted molar refractivity (Wildman–Crippen MR) is 100 cm³/mol. The average molecular weight is 341 g/mol. The summed E-state index contributed by atoms with van der Waals surface area (Å²) in [6.07, 6.45) is 1.93. The summed E-state index contributed by atoms with van der Waals surface area (Å²) in [6.45, 7) is 8.81. The summed E-state index contributed by atoms with van der Waals surface area (Å²) in [5.41, 5.74) is 5.04. The van der Waals surface area contributed by atoms with Gasteiger partial charge in [-0.2, -0.15) is 0 Å². The number of rotatable bonds is 0. The van der Waals surface area contributed by atoms with Crippen molar-refractivity contribution in [2.24, 2.45) is 4.99 Å². The summed E-state index contributed by atoms with van der Waals surface area (Å²) in [4.78, 5) is 6.90. The zero-order valence-electron chi connectivity index (χ0n) is 14.6. The van der Waals surface area contributed by atoms with Crippen LogP contribution in [-0.2, 0) is 5.41 Å². The quantitative estimate of drug-likeness (QED) is 0.660. The van der Waals surface area contributed by atoms with E-state index >= 15 is 0 Å². The molecule has 4 heteroatoms. The van der Waals surface area contributed by atoms with Gasteiger partial charge in [0.05, 0.1) is 11.6 Å². The van der Waals surface area contributed by atoms with Gasteiger partial charge >= 0.3 is 0 Å². The molecule has 4 rings (SSSR count). The second-order valence-corrected chi connectivity index (χ2v) is 7.69. The van der Waals surface area contributed by atoms with Crippen LogP contribution in [0.5, 0.6) is 5.75 Å². The van der Waals surface area contributed by atoms with Crippen molar-refractivity contribution >= 4 is 29.2 Å². The topological polar surface area (TPSA) is 24.8 Å². The first-order valence-corrected chi connectivity index (χ1v) is 8.54. The van der Waals surface area contributed by atoms with E-state index in [0.717, 1.165) is 11.4 Å². The van der Waals surface area contributed by atoms with Crippen molar-refractivity contribution in [2.75, 3.05) is 11.9 Å². The van der Waals surface area contributed by atoms with Gasteiger partial charge in [0.1, 0.15) is 11.4 Å². The highest BCUT2D eigenvalue weighted by Gasteiger charge is 2.59. The first kappa shape index (κ1) is 15.5. The van der Waals surface area contributed by atoms with Crippen molar-refractivity contribution < 1.29 is 4.74 Å². The van der Waals surface area contributed by atoms with Gasteiger partial charge in [-0.05, 0) is 68.7 Å². The van der Waals surface area contributed by atoms with Crippen molar-refractivity contribution in [1.82, 2.24) is 0 Å². The maximum absolute atomic E-state index is 6.56. The summed E-state index contributed by atoms with van der Waals surface area (Å²) in [6, 6.07) is 9.95. The SMILES string of the molecule is Cc1ccc2c(c1C)C(C)(C)C1(C=Nc3cc(Cl)ccc3O1)N2C. The molecule has 2 aliphatic rings. The van der Waals surface area contributed by atoms with E-state index < -0.39 is 5.72 Å². The largest absolute Gasteiger partial charge is 0.459 e. The fraction of sp³-hybridized carbons (Fsp3) is 0.350. The van der Waals surface area contributed by atoms with Crippen LogP contribution in [0.3, 0.4) is 0 Å². The lowest BCUT2D eigenvalue weighted by molar-refractivity contribution is 0.0822. The Kier molecular flexibility index (Phi) is 3.08. The van der Waals surface area contributed by atoms with E-state index in [-0.39, 0.29) is 5.41 Å². The summed E-state index contributed by atoms with van der Waals surface area (Å²) in [7, 11) is 2.08. The van der Waals surface area contributed by atoms with E-state index in [4.69, 9.17) is 21.3 Å². The molecule has 0 saturated heterocycles. The molecule has 124 valence electrons. The minimum absolute atomic E-state index is 0.242. The lowest BCUT2D eigenvalue weighted by Gasteiger charge is -2.45. The third-order valence-corrected chi connectivity index (χ3v) is 5.89. The molecule has 0 bridgehead atoms. The van der Waals surface area contributed by atoms with E-state index in [1.807, 2.05) is 24.4 Å². The second kappa shape index (κ2) is 4.76. The molecule has 0 saturated carbocycles. The zero-order valence-corrected chi connectivity index (χ0v) is 15.4. The Labute approximate surface area is 147 Å². The van der Waals surface area contributed by atoms with Crippen molar-refractivity contribution in [3.05, 3.63) is 52.0 Å². The van der Waals surface area contributed by atoms with Crippen LogP contribution in [0.1, 0.15) is 30.5 Å². The van der Waals surface area contributed by atoms with E-state index in [2.05, 4.69) is 51.8 Å². The first-order chi connectivity index (χ1) is 11.3. The fourth-order valence-corrected chi connectivity index (χ4v) is 4.29. The minimum atomic E-state index is -0.644. The number of aryl methyl sites for hydroxylation is 1. The second-order valence-electron chi connectivity index (χ2n) is 7.25. The van der Waals surface area contributed by atoms with Crippen molar-refractivity contribution in [3.8, 4) is 5.75 Å². The highest BCUT2D eigenvalue weighted by atomic mass is 35.5. The summed E-state index contributed by atoms with van der Waals surface area (Å²) < 4.78 is 6.56. The number of aliphatic imine (C=N–C) groups is 1. The highest BCUT2D eigenvalue weighted by molar-refractivity contribution is 6.30. The molecular weight excluding hydrogens is 320 g/mol. The maximum atomic E-state index is 6.56. The monoisotopic (exact) mass is 340 g/mol. The van der Waals surface area contributed by atoms with Gasteiger partial charge in [0.2, 0.25) is 5.72 Å². The number of halogens is 1. The summed E-state index contributed by atoms with van der Waals surface area (Å²) >= 11 is 6.08. The number of hydrogen-bond donors (Lipinski definition) is 0. The molecule has 0 aromatic heterocycles. The van der Waals surface area contributed by atoms with E-state index in [1.165, 1.54) is 22.4 Å². The standard InChI is InChI=1S/C20H21ClN2O/c1-12-6-8-16-18(13(12)2)19(3,4)20(23(16)5)11-22-15-10-14(21)7-9-17(15)24-20/h6-11H,1-5H3. The number of hydrogen-bond acceptors (Lipinski definition) is 3. The third-order valence-electron chi connectivity index (χ3n) is 5.66. The first-order valence-electron chi connectivity index (χ1n) is 8.16. The maximum Gasteiger partial charge on any atom is 0.228 e. The van der Waals surface area contributed by atoms with Gasteiger partial charge in [0.15, 0.2) is 0 Å². The number of anilines is 1. The van der Waals surface area contributed by atoms with Crippen LogP contribution in [0.4, 0.5) is 11.4 Å². The van der Waals surface area contributed by atoms with Gasteiger partial charge in [-0.1, -0.05) is 17.7 Å². The molecule has 2 aromatic carbocycles. The van der Waals surface area contributed by atoms with Gasteiger partial charge in [-0.3, -0.25) is 4.99 Å². The molecule has 0 aliphatic carbocycles. The molecule has 1 atom stereocenters. The molecule has 3 nitrogen and oxygen atoms in total. The molecule has 1 spiro atoms. The van der Waals surface area contributed by atoms with E-state index in [0.29, 0.717) is 5.02 Å². The summed E-state index contributed by atoms with van der Waals surface area (Å²) in [5, 5.41) is 0.666. The molecule has 0 fully saturated rings. The van der Waals surface area contributed by atoms with Crippen LogP contribution in [0.2, 0.25) is 5.02 Å². The van der Waals surface area contributed by atoms with Gasteiger partial charge < -0.3 is 9.64 Å². The Morgan fingerprint density at radius 3 is 2.62 bits per heavy atom. The van der Waals surface area contributed by atoms with Crippen molar-refractivity contribution in [3.63, 3.8) is 0 Å². The van der Waals surface area contributed by atoms with E-state index in [1.54, 1.807) is 0 Å². The van der Waals surface area contributed by atoms with Crippen LogP contribution in [0, 0.1) is 13.8 Å². The number of ether oxygens (including phenoxy) is 1. The number of likely N-dealkylation sites (N-methyl/N-ethyl adjacent to an activating group) is 1. The van der Waals surface area contributed by atoms with Gasteiger partial charge in [-0.15, -0.1) is 0 Å². The molecule has 2 heterocycles. The fourth-order valence-electron chi connectivity index (χ4n) is 4.12. The molecule has 24 heavy (non-hydrogen) atoms. The van der Waals surface area contributed by atoms with Crippen LogP contribution >= 0.6 is 11.6 Å². The lowest BCUT2D eigenvalue weighted by atomic mass is 9.75. The van der Waals surface area contributed by atoms with Crippen LogP contribution in [-0.4, -0.2) is 19.0 Å². The predicted octanol–water partition coefficient (Wildman–Crippen LogP) is 5.18. The molecule has 0 N–H and O–H groups in total. The number of fused-ring (bicyclic) bond motifs is 2. The Morgan fingerprint density at radius 2 is 1.88 bits per heavy atom. The van der Waals surface area contributed by atoms with Gasteiger partial charge in [0, 0.05) is 17.8 Å². The molecule has 0 amide bonds. The zero-order chi connectivity index (χ0) is 17.3. The normalized spacial score (nSPS) is 23.2. The average Bonchev–Trinajstić information content (AvgIpc) is 2.70. The molecular formula is C20H21ClN2O. The molecule has 2 aliphatic heterocycles. The van der Waals surface area contributed by atoms with E-state index in [9.17, 15) is 0 Å². The number of benzene rings is 2. The smallest absolute Gasteiger partial charge is 0.228 e. The Bertz CT molecular complexity index is 887. The van der Waals surface area contributed by atoms with Crippen LogP contribution in [0.25, 0.3) is 0 Å².